The minimum absolute atomic E-state index is 0.166. The molecule has 112 valence electrons. The van der Waals surface area contributed by atoms with Crippen LogP contribution < -0.4 is 5.32 Å². The van der Waals surface area contributed by atoms with Gasteiger partial charge in [-0.15, -0.1) is 0 Å². The number of carbonyl (C=O) groups is 1. The van der Waals surface area contributed by atoms with Gasteiger partial charge < -0.3 is 5.32 Å². The summed E-state index contributed by atoms with van der Waals surface area (Å²) in [5.74, 6) is -0.185. The third kappa shape index (κ3) is 4.04. The Bertz CT molecular complexity index is 658. The fourth-order valence-electron chi connectivity index (χ4n) is 1.84. The van der Waals surface area contributed by atoms with Crippen LogP contribution in [0, 0.1) is 0 Å². The average Bonchev–Trinajstić information content (AvgIpc) is 2.80. The summed E-state index contributed by atoms with van der Waals surface area (Å²) in [6.45, 7) is 6.47. The van der Waals surface area contributed by atoms with Gasteiger partial charge in [0.15, 0.2) is 0 Å². The molecule has 0 atom stereocenters. The first-order valence-corrected chi connectivity index (χ1v) is 7.08. The van der Waals surface area contributed by atoms with E-state index in [0.29, 0.717) is 17.3 Å². The zero-order valence-corrected chi connectivity index (χ0v) is 13.4. The Morgan fingerprint density at radius 2 is 2.10 bits per heavy atom. The van der Waals surface area contributed by atoms with E-state index in [2.05, 4.69) is 15.4 Å². The molecule has 6 heteroatoms. The molecule has 21 heavy (non-hydrogen) atoms. The van der Waals surface area contributed by atoms with E-state index in [-0.39, 0.29) is 11.3 Å². The minimum Gasteiger partial charge on any atom is -0.346 e. The van der Waals surface area contributed by atoms with Crippen molar-refractivity contribution in [3.05, 3.63) is 46.5 Å². The standard InChI is InChI=1S/C15H19ClN4O/c1-15(2,3)12-7-10(8-13(16)18-12)14(21)17-9-11-5-6-20(4)19-11/h5-8H,9H2,1-4H3,(H,17,21). The highest BCUT2D eigenvalue weighted by atomic mass is 35.5. The van der Waals surface area contributed by atoms with E-state index in [4.69, 9.17) is 11.6 Å². The molecular formula is C15H19ClN4O. The van der Waals surface area contributed by atoms with E-state index in [1.165, 1.54) is 0 Å². The Morgan fingerprint density at radius 3 is 2.67 bits per heavy atom. The van der Waals surface area contributed by atoms with Crippen molar-refractivity contribution >= 4 is 17.5 Å². The number of hydrogen-bond donors (Lipinski definition) is 1. The smallest absolute Gasteiger partial charge is 0.251 e. The molecule has 2 aromatic heterocycles. The molecule has 1 N–H and O–H groups in total. The van der Waals surface area contributed by atoms with E-state index >= 15 is 0 Å². The molecular weight excluding hydrogens is 288 g/mol. The molecule has 1 amide bonds. The highest BCUT2D eigenvalue weighted by Gasteiger charge is 2.19. The summed E-state index contributed by atoms with van der Waals surface area (Å²) in [6, 6.07) is 5.21. The largest absolute Gasteiger partial charge is 0.346 e. The van der Waals surface area contributed by atoms with E-state index < -0.39 is 0 Å². The Labute approximate surface area is 129 Å². The van der Waals surface area contributed by atoms with Crippen molar-refractivity contribution in [3.8, 4) is 0 Å². The van der Waals surface area contributed by atoms with Gasteiger partial charge in [-0.3, -0.25) is 9.48 Å². The van der Waals surface area contributed by atoms with Crippen LogP contribution >= 0.6 is 11.6 Å². The fraction of sp³-hybridized carbons (Fsp3) is 0.400. The van der Waals surface area contributed by atoms with Crippen LogP contribution in [0.25, 0.3) is 0 Å². The quantitative estimate of drug-likeness (QED) is 0.887. The average molecular weight is 307 g/mol. The molecule has 0 aliphatic heterocycles. The first-order valence-electron chi connectivity index (χ1n) is 6.70. The molecule has 0 saturated heterocycles. The van der Waals surface area contributed by atoms with Crippen molar-refractivity contribution in [2.45, 2.75) is 32.7 Å². The van der Waals surface area contributed by atoms with E-state index in [9.17, 15) is 4.79 Å². The van der Waals surface area contributed by atoms with Crippen LogP contribution in [0.5, 0.6) is 0 Å². The number of halogens is 1. The molecule has 5 nitrogen and oxygen atoms in total. The summed E-state index contributed by atoms with van der Waals surface area (Å²) in [4.78, 5) is 16.5. The third-order valence-electron chi connectivity index (χ3n) is 3.02. The molecule has 0 radical (unpaired) electrons. The molecule has 2 heterocycles. The number of carbonyl (C=O) groups excluding carboxylic acids is 1. The van der Waals surface area contributed by atoms with E-state index in [1.54, 1.807) is 16.8 Å². The van der Waals surface area contributed by atoms with Gasteiger partial charge in [0.1, 0.15) is 5.15 Å². The number of aromatic nitrogens is 3. The number of nitrogens with one attached hydrogen (secondary N) is 1. The number of aryl methyl sites for hydroxylation is 1. The second-order valence-corrected chi connectivity index (χ2v) is 6.36. The molecule has 2 aromatic rings. The summed E-state index contributed by atoms with van der Waals surface area (Å²) >= 11 is 6.01. The van der Waals surface area contributed by atoms with Gasteiger partial charge in [0.2, 0.25) is 0 Å². The number of hydrogen-bond acceptors (Lipinski definition) is 3. The van der Waals surface area contributed by atoms with E-state index in [0.717, 1.165) is 11.4 Å². The van der Waals surface area contributed by atoms with Gasteiger partial charge in [-0.05, 0) is 18.2 Å². The van der Waals surface area contributed by atoms with Gasteiger partial charge in [-0.2, -0.15) is 5.10 Å². The van der Waals surface area contributed by atoms with E-state index in [1.807, 2.05) is 40.1 Å². The Balaban J connectivity index is 2.13. The van der Waals surface area contributed by atoms with Gasteiger partial charge in [-0.25, -0.2) is 4.98 Å². The van der Waals surface area contributed by atoms with Crippen LogP contribution in [-0.4, -0.2) is 20.7 Å². The van der Waals surface area contributed by atoms with Gasteiger partial charge in [-0.1, -0.05) is 32.4 Å². The Hall–Kier alpha value is -1.88. The molecule has 2 rings (SSSR count). The SMILES string of the molecule is Cn1ccc(CNC(=O)c2cc(Cl)nc(C(C)(C)C)c2)n1. The lowest BCUT2D eigenvalue weighted by Crippen LogP contribution is -2.24. The predicted octanol–water partition coefficient (Wildman–Crippen LogP) is 2.70. The van der Waals surface area contributed by atoms with Gasteiger partial charge in [0.25, 0.3) is 5.91 Å². The minimum atomic E-state index is -0.185. The van der Waals surface area contributed by atoms with Crippen molar-refractivity contribution in [2.75, 3.05) is 0 Å². The number of rotatable bonds is 3. The van der Waals surface area contributed by atoms with Crippen molar-refractivity contribution in [3.63, 3.8) is 0 Å². The second-order valence-electron chi connectivity index (χ2n) is 5.98. The first-order chi connectivity index (χ1) is 9.75. The summed E-state index contributed by atoms with van der Waals surface area (Å²) in [7, 11) is 1.84. The first kappa shape index (κ1) is 15.5. The van der Waals surface area contributed by atoms with Crippen molar-refractivity contribution in [1.29, 1.82) is 0 Å². The monoisotopic (exact) mass is 306 g/mol. The fourth-order valence-corrected chi connectivity index (χ4v) is 2.05. The Morgan fingerprint density at radius 1 is 1.38 bits per heavy atom. The number of nitrogens with zero attached hydrogens (tertiary/aromatic N) is 3. The predicted molar refractivity (Wildman–Crippen MR) is 82.3 cm³/mol. The van der Waals surface area contributed by atoms with Crippen molar-refractivity contribution < 1.29 is 4.79 Å². The molecule has 0 spiro atoms. The number of amides is 1. The molecule has 0 fully saturated rings. The van der Waals surface area contributed by atoms with Crippen molar-refractivity contribution in [1.82, 2.24) is 20.1 Å². The topological polar surface area (TPSA) is 59.8 Å². The maximum Gasteiger partial charge on any atom is 0.251 e. The summed E-state index contributed by atoms with van der Waals surface area (Å²) in [5.41, 5.74) is 1.94. The van der Waals surface area contributed by atoms with Crippen LogP contribution in [0.15, 0.2) is 24.4 Å². The molecule has 0 aliphatic carbocycles. The van der Waals surface area contributed by atoms with Crippen LogP contribution in [0.3, 0.4) is 0 Å². The van der Waals surface area contributed by atoms with Gasteiger partial charge in [0.05, 0.1) is 12.2 Å². The van der Waals surface area contributed by atoms with Crippen LogP contribution in [0.2, 0.25) is 5.15 Å². The lowest BCUT2D eigenvalue weighted by atomic mass is 9.91. The zero-order chi connectivity index (χ0) is 15.6. The normalized spacial score (nSPS) is 11.5. The lowest BCUT2D eigenvalue weighted by Gasteiger charge is -2.18. The molecule has 0 unspecified atom stereocenters. The van der Waals surface area contributed by atoms with Crippen LogP contribution in [0.1, 0.15) is 42.5 Å². The highest BCUT2D eigenvalue weighted by Crippen LogP contribution is 2.23. The molecule has 0 aromatic carbocycles. The zero-order valence-electron chi connectivity index (χ0n) is 12.6. The molecule has 0 aliphatic rings. The number of pyridine rings is 1. The Kier molecular flexibility index (Phi) is 4.32. The third-order valence-corrected chi connectivity index (χ3v) is 3.22. The summed E-state index contributed by atoms with van der Waals surface area (Å²) in [5, 5.41) is 7.37. The van der Waals surface area contributed by atoms with Gasteiger partial charge >= 0.3 is 0 Å². The lowest BCUT2D eigenvalue weighted by molar-refractivity contribution is 0.0950. The van der Waals surface area contributed by atoms with Crippen molar-refractivity contribution in [2.24, 2.45) is 7.05 Å². The summed E-state index contributed by atoms with van der Waals surface area (Å²) < 4.78 is 1.70. The highest BCUT2D eigenvalue weighted by molar-refractivity contribution is 6.29. The molecule has 0 saturated carbocycles. The maximum atomic E-state index is 12.2. The van der Waals surface area contributed by atoms with Crippen LogP contribution in [-0.2, 0) is 19.0 Å². The van der Waals surface area contributed by atoms with Gasteiger partial charge in [0, 0.05) is 29.9 Å². The molecule has 0 bridgehead atoms. The second kappa shape index (κ2) is 5.85. The van der Waals surface area contributed by atoms with Crippen LogP contribution in [0.4, 0.5) is 0 Å². The maximum absolute atomic E-state index is 12.2. The summed E-state index contributed by atoms with van der Waals surface area (Å²) in [6.07, 6.45) is 1.84.